The van der Waals surface area contributed by atoms with Crippen LogP contribution >= 0.6 is 0 Å². The van der Waals surface area contributed by atoms with Crippen LogP contribution in [0.5, 0.6) is 0 Å². The average molecular weight is 243 g/mol. The van der Waals surface area contributed by atoms with Crippen molar-refractivity contribution >= 4 is 5.69 Å². The van der Waals surface area contributed by atoms with Crippen molar-refractivity contribution in [2.45, 2.75) is 57.8 Å². The molecule has 3 rings (SSSR count). The molecule has 1 fully saturated rings. The largest absolute Gasteiger partial charge is 0.385 e. The quantitative estimate of drug-likeness (QED) is 0.697. The summed E-state index contributed by atoms with van der Waals surface area (Å²) in [4.78, 5) is 0. The van der Waals surface area contributed by atoms with Gasteiger partial charge in [-0.25, -0.2) is 0 Å². The maximum Gasteiger partial charge on any atom is 0.0375 e. The van der Waals surface area contributed by atoms with Gasteiger partial charge in [0, 0.05) is 12.2 Å². The van der Waals surface area contributed by atoms with Crippen LogP contribution in [0.2, 0.25) is 0 Å². The van der Waals surface area contributed by atoms with Crippen LogP contribution < -0.4 is 5.32 Å². The third-order valence-electron chi connectivity index (χ3n) is 4.78. The van der Waals surface area contributed by atoms with Crippen LogP contribution in [0.4, 0.5) is 5.69 Å². The van der Waals surface area contributed by atoms with Crippen molar-refractivity contribution in [2.75, 3.05) is 11.9 Å². The predicted octanol–water partition coefficient (Wildman–Crippen LogP) is 4.68. The minimum Gasteiger partial charge on any atom is -0.385 e. The van der Waals surface area contributed by atoms with Crippen LogP contribution in [0.25, 0.3) is 0 Å². The second-order valence-electron chi connectivity index (χ2n) is 7.08. The fourth-order valence-corrected chi connectivity index (χ4v) is 3.60. The molecule has 0 amide bonds. The molecule has 1 N–H and O–H groups in total. The molecule has 1 saturated carbocycles. The standard InChI is InChI=1S/C17H25N/c1-17(2,3)13-8-9-16-15(10-13)14-7-5-4-6-12(14)11-18-16/h8-10,12,14,18H,4-7,11H2,1-3H3. The molecule has 0 bridgehead atoms. The highest BCUT2D eigenvalue weighted by Gasteiger charge is 2.32. The third kappa shape index (κ3) is 2.04. The Labute approximate surface area is 111 Å². The van der Waals surface area contributed by atoms with Crippen LogP contribution in [0.1, 0.15) is 63.5 Å². The lowest BCUT2D eigenvalue weighted by Crippen LogP contribution is -2.30. The number of benzene rings is 1. The van der Waals surface area contributed by atoms with Crippen LogP contribution in [0, 0.1) is 5.92 Å². The molecule has 1 aromatic carbocycles. The highest BCUT2D eigenvalue weighted by molar-refractivity contribution is 5.57. The van der Waals surface area contributed by atoms with Gasteiger partial charge in [-0.1, -0.05) is 45.7 Å². The van der Waals surface area contributed by atoms with Crippen LogP contribution in [0.15, 0.2) is 18.2 Å². The zero-order chi connectivity index (χ0) is 12.8. The summed E-state index contributed by atoms with van der Waals surface area (Å²) in [7, 11) is 0. The second-order valence-corrected chi connectivity index (χ2v) is 7.08. The minimum absolute atomic E-state index is 0.261. The smallest absolute Gasteiger partial charge is 0.0375 e. The summed E-state index contributed by atoms with van der Waals surface area (Å²) in [5, 5.41) is 3.64. The Morgan fingerprint density at radius 2 is 1.89 bits per heavy atom. The van der Waals surface area contributed by atoms with Crippen molar-refractivity contribution < 1.29 is 0 Å². The molecule has 0 saturated heterocycles. The summed E-state index contributed by atoms with van der Waals surface area (Å²) in [6.45, 7) is 8.11. The highest BCUT2D eigenvalue weighted by atomic mass is 14.9. The van der Waals surface area contributed by atoms with Gasteiger partial charge in [-0.3, -0.25) is 0 Å². The van der Waals surface area contributed by atoms with E-state index in [4.69, 9.17) is 0 Å². The first-order valence-corrected chi connectivity index (χ1v) is 7.44. The number of hydrogen-bond acceptors (Lipinski definition) is 1. The summed E-state index contributed by atoms with van der Waals surface area (Å²) < 4.78 is 0. The Kier molecular flexibility index (Phi) is 2.88. The van der Waals surface area contributed by atoms with Gasteiger partial charge in [-0.2, -0.15) is 0 Å². The molecule has 1 aromatic rings. The monoisotopic (exact) mass is 243 g/mol. The maximum atomic E-state index is 3.64. The number of anilines is 1. The highest BCUT2D eigenvalue weighted by Crippen LogP contribution is 2.44. The molecule has 2 atom stereocenters. The van der Waals surface area contributed by atoms with Crippen molar-refractivity contribution in [3.05, 3.63) is 29.3 Å². The lowest BCUT2D eigenvalue weighted by Gasteiger charge is -2.38. The summed E-state index contributed by atoms with van der Waals surface area (Å²) in [5.74, 6) is 1.69. The molecule has 18 heavy (non-hydrogen) atoms. The Bertz CT molecular complexity index is 441. The molecule has 1 heterocycles. The molecule has 1 nitrogen and oxygen atoms in total. The van der Waals surface area contributed by atoms with E-state index in [2.05, 4.69) is 44.3 Å². The second kappa shape index (κ2) is 4.29. The van der Waals surface area contributed by atoms with Gasteiger partial charge < -0.3 is 5.32 Å². The van der Waals surface area contributed by atoms with E-state index in [1.54, 1.807) is 5.56 Å². The van der Waals surface area contributed by atoms with Crippen molar-refractivity contribution in [3.8, 4) is 0 Å². The molecule has 1 aliphatic carbocycles. The minimum atomic E-state index is 0.261. The Morgan fingerprint density at radius 1 is 1.11 bits per heavy atom. The van der Waals surface area contributed by atoms with Gasteiger partial charge in [-0.05, 0) is 47.3 Å². The van der Waals surface area contributed by atoms with Crippen LogP contribution in [0.3, 0.4) is 0 Å². The van der Waals surface area contributed by atoms with Gasteiger partial charge in [0.05, 0.1) is 0 Å². The van der Waals surface area contributed by atoms with E-state index in [-0.39, 0.29) is 5.41 Å². The van der Waals surface area contributed by atoms with Gasteiger partial charge in [-0.15, -0.1) is 0 Å². The average Bonchev–Trinajstić information content (AvgIpc) is 2.37. The molecule has 1 heteroatoms. The topological polar surface area (TPSA) is 12.0 Å². The Morgan fingerprint density at radius 3 is 2.67 bits per heavy atom. The summed E-state index contributed by atoms with van der Waals surface area (Å²) >= 11 is 0. The fourth-order valence-electron chi connectivity index (χ4n) is 3.60. The van der Waals surface area contributed by atoms with E-state index in [1.165, 1.54) is 43.5 Å². The van der Waals surface area contributed by atoms with E-state index < -0.39 is 0 Å². The Hall–Kier alpha value is -0.980. The molecule has 0 aromatic heterocycles. The molecule has 2 aliphatic rings. The molecule has 0 spiro atoms. The van der Waals surface area contributed by atoms with Gasteiger partial charge in [0.15, 0.2) is 0 Å². The fraction of sp³-hybridized carbons (Fsp3) is 0.647. The number of fused-ring (bicyclic) bond motifs is 3. The zero-order valence-electron chi connectivity index (χ0n) is 11.9. The molecule has 1 aliphatic heterocycles. The molecular formula is C17H25N. The van der Waals surface area contributed by atoms with E-state index in [1.807, 2.05) is 0 Å². The number of nitrogens with one attached hydrogen (secondary N) is 1. The normalized spacial score (nSPS) is 27.1. The predicted molar refractivity (Wildman–Crippen MR) is 78.3 cm³/mol. The van der Waals surface area contributed by atoms with E-state index in [9.17, 15) is 0 Å². The SMILES string of the molecule is CC(C)(C)c1ccc2c(c1)C1CCCCC1CN2. The van der Waals surface area contributed by atoms with Crippen molar-refractivity contribution in [1.29, 1.82) is 0 Å². The van der Waals surface area contributed by atoms with Gasteiger partial charge >= 0.3 is 0 Å². The first kappa shape index (κ1) is 12.1. The molecular weight excluding hydrogens is 218 g/mol. The van der Waals surface area contributed by atoms with E-state index in [0.717, 1.165) is 11.8 Å². The van der Waals surface area contributed by atoms with Gasteiger partial charge in [0.2, 0.25) is 0 Å². The van der Waals surface area contributed by atoms with Crippen molar-refractivity contribution in [3.63, 3.8) is 0 Å². The molecule has 98 valence electrons. The van der Waals surface area contributed by atoms with Gasteiger partial charge in [0.25, 0.3) is 0 Å². The summed E-state index contributed by atoms with van der Waals surface area (Å²) in [5.41, 5.74) is 4.73. The number of rotatable bonds is 0. The summed E-state index contributed by atoms with van der Waals surface area (Å²) in [6.07, 6.45) is 5.65. The Balaban J connectivity index is 2.00. The molecule has 2 unspecified atom stereocenters. The van der Waals surface area contributed by atoms with Crippen LogP contribution in [-0.4, -0.2) is 6.54 Å². The lowest BCUT2D eigenvalue weighted by atomic mass is 9.72. The van der Waals surface area contributed by atoms with Crippen LogP contribution in [-0.2, 0) is 5.41 Å². The van der Waals surface area contributed by atoms with E-state index in [0.29, 0.717) is 0 Å². The molecule has 0 radical (unpaired) electrons. The lowest BCUT2D eigenvalue weighted by molar-refractivity contribution is 0.313. The zero-order valence-corrected chi connectivity index (χ0v) is 11.9. The third-order valence-corrected chi connectivity index (χ3v) is 4.78. The first-order chi connectivity index (χ1) is 8.55. The van der Waals surface area contributed by atoms with Crippen molar-refractivity contribution in [1.82, 2.24) is 0 Å². The maximum absolute atomic E-state index is 3.64. The number of hydrogen-bond donors (Lipinski definition) is 1. The van der Waals surface area contributed by atoms with Gasteiger partial charge in [0.1, 0.15) is 0 Å². The first-order valence-electron chi connectivity index (χ1n) is 7.44. The van der Waals surface area contributed by atoms with Crippen molar-refractivity contribution in [2.24, 2.45) is 5.92 Å². The van der Waals surface area contributed by atoms with E-state index >= 15 is 0 Å². The summed E-state index contributed by atoms with van der Waals surface area (Å²) in [6, 6.07) is 7.08.